The summed E-state index contributed by atoms with van der Waals surface area (Å²) >= 11 is 0. The molecule has 4 N–H and O–H groups in total. The zero-order valence-electron chi connectivity index (χ0n) is 12.5. The Kier molecular flexibility index (Phi) is 5.18. The van der Waals surface area contributed by atoms with Crippen molar-refractivity contribution in [2.75, 3.05) is 18.9 Å². The van der Waals surface area contributed by atoms with E-state index in [0.717, 1.165) is 0 Å². The Balaban J connectivity index is 3.04. The topological polar surface area (TPSA) is 92.4 Å². The summed E-state index contributed by atoms with van der Waals surface area (Å²) in [5, 5.41) is 8.98. The van der Waals surface area contributed by atoms with Crippen LogP contribution in [0.25, 0.3) is 0 Å². The lowest BCUT2D eigenvalue weighted by atomic mass is 9.90. The maximum absolute atomic E-state index is 12.4. The third kappa shape index (κ3) is 3.94. The van der Waals surface area contributed by atoms with Crippen LogP contribution in [-0.2, 0) is 10.0 Å². The van der Waals surface area contributed by atoms with E-state index in [-0.39, 0.29) is 23.5 Å². The van der Waals surface area contributed by atoms with Gasteiger partial charge in [-0.1, -0.05) is 19.9 Å². The van der Waals surface area contributed by atoms with E-state index in [0.29, 0.717) is 23.2 Å². The summed E-state index contributed by atoms with van der Waals surface area (Å²) in [7, 11) is -3.61. The maximum Gasteiger partial charge on any atom is 0.241 e. The number of hydrogen-bond acceptors (Lipinski definition) is 4. The Bertz CT molecular complexity index is 580. The second-order valence-corrected chi connectivity index (χ2v) is 7.59. The van der Waals surface area contributed by atoms with Crippen LogP contribution >= 0.6 is 0 Å². The quantitative estimate of drug-likeness (QED) is 0.695. The van der Waals surface area contributed by atoms with E-state index in [1.807, 2.05) is 13.8 Å². The molecule has 0 bridgehead atoms. The molecule has 114 valence electrons. The normalized spacial score (nSPS) is 12.7. The molecule has 1 aromatic carbocycles. The lowest BCUT2D eigenvalue weighted by Gasteiger charge is -2.24. The molecular formula is C14H24N2O3S. The number of nitrogen functional groups attached to an aromatic ring is 1. The highest BCUT2D eigenvalue weighted by Crippen LogP contribution is 2.26. The van der Waals surface area contributed by atoms with Gasteiger partial charge in [-0.15, -0.1) is 0 Å². The van der Waals surface area contributed by atoms with Crippen molar-refractivity contribution in [1.82, 2.24) is 4.72 Å². The molecule has 0 saturated carbocycles. The van der Waals surface area contributed by atoms with Gasteiger partial charge in [0, 0.05) is 18.8 Å². The molecule has 6 heteroatoms. The van der Waals surface area contributed by atoms with Gasteiger partial charge in [-0.25, -0.2) is 13.1 Å². The van der Waals surface area contributed by atoms with E-state index >= 15 is 0 Å². The molecule has 0 aliphatic rings. The van der Waals surface area contributed by atoms with Gasteiger partial charge in [-0.2, -0.15) is 0 Å². The van der Waals surface area contributed by atoms with E-state index in [4.69, 9.17) is 10.8 Å². The Morgan fingerprint density at radius 1 is 1.30 bits per heavy atom. The fourth-order valence-electron chi connectivity index (χ4n) is 2.01. The number of hydrogen-bond donors (Lipinski definition) is 3. The van der Waals surface area contributed by atoms with E-state index in [2.05, 4.69) is 4.72 Å². The second-order valence-electron chi connectivity index (χ2n) is 5.89. The third-order valence-electron chi connectivity index (χ3n) is 3.44. The van der Waals surface area contributed by atoms with Gasteiger partial charge in [-0.3, -0.25) is 0 Å². The van der Waals surface area contributed by atoms with Crippen molar-refractivity contribution in [2.24, 2.45) is 5.41 Å². The summed E-state index contributed by atoms with van der Waals surface area (Å²) in [6.07, 6.45) is 0.532. The van der Waals surface area contributed by atoms with Crippen molar-refractivity contribution >= 4 is 15.7 Å². The molecule has 0 atom stereocenters. The van der Waals surface area contributed by atoms with Crippen LogP contribution in [0, 0.1) is 19.3 Å². The van der Waals surface area contributed by atoms with Crippen LogP contribution < -0.4 is 10.5 Å². The first-order valence-electron chi connectivity index (χ1n) is 6.57. The van der Waals surface area contributed by atoms with Crippen molar-refractivity contribution in [3.8, 4) is 0 Å². The van der Waals surface area contributed by atoms with E-state index in [9.17, 15) is 8.42 Å². The summed E-state index contributed by atoms with van der Waals surface area (Å²) in [4.78, 5) is 0.247. The van der Waals surface area contributed by atoms with Crippen molar-refractivity contribution in [3.63, 3.8) is 0 Å². The van der Waals surface area contributed by atoms with Crippen LogP contribution in [0.2, 0.25) is 0 Å². The molecule has 0 radical (unpaired) electrons. The van der Waals surface area contributed by atoms with Gasteiger partial charge >= 0.3 is 0 Å². The number of sulfonamides is 1. The lowest BCUT2D eigenvalue weighted by Crippen LogP contribution is -2.35. The van der Waals surface area contributed by atoms with Gasteiger partial charge in [0.05, 0.1) is 4.90 Å². The summed E-state index contributed by atoms with van der Waals surface area (Å²) < 4.78 is 27.5. The summed E-state index contributed by atoms with van der Waals surface area (Å²) in [6.45, 7) is 7.57. The fraction of sp³-hybridized carbons (Fsp3) is 0.571. The minimum atomic E-state index is -3.61. The summed E-state index contributed by atoms with van der Waals surface area (Å²) in [5.74, 6) is 0. The molecule has 0 aliphatic carbocycles. The Labute approximate surface area is 121 Å². The van der Waals surface area contributed by atoms with E-state index in [1.165, 1.54) is 0 Å². The Morgan fingerprint density at radius 2 is 1.90 bits per heavy atom. The van der Waals surface area contributed by atoms with Gasteiger partial charge in [0.15, 0.2) is 0 Å². The average Bonchev–Trinajstić information content (AvgIpc) is 2.32. The van der Waals surface area contributed by atoms with Crippen molar-refractivity contribution < 1.29 is 13.5 Å². The van der Waals surface area contributed by atoms with Gasteiger partial charge in [-0.05, 0) is 42.9 Å². The van der Waals surface area contributed by atoms with Crippen LogP contribution in [0.15, 0.2) is 17.0 Å². The maximum atomic E-state index is 12.4. The standard InChI is InChI=1S/C14H24N2O3S/c1-10-5-6-12(15)11(2)13(10)20(18,19)16-9-14(3,4)7-8-17/h5-6,16-17H,7-9,15H2,1-4H3. The Morgan fingerprint density at radius 3 is 2.45 bits per heavy atom. The predicted octanol–water partition coefficient (Wildman–Crippen LogP) is 1.57. The molecule has 0 amide bonds. The molecule has 0 aromatic heterocycles. The molecule has 20 heavy (non-hydrogen) atoms. The number of nitrogens with one attached hydrogen (secondary N) is 1. The van der Waals surface area contributed by atoms with Gasteiger partial charge in [0.25, 0.3) is 0 Å². The van der Waals surface area contributed by atoms with Crippen LogP contribution in [0.5, 0.6) is 0 Å². The minimum Gasteiger partial charge on any atom is -0.398 e. The van der Waals surface area contributed by atoms with Crippen molar-refractivity contribution in [3.05, 3.63) is 23.3 Å². The second kappa shape index (κ2) is 6.11. The van der Waals surface area contributed by atoms with Crippen LogP contribution in [0.4, 0.5) is 5.69 Å². The molecule has 0 fully saturated rings. The number of rotatable bonds is 6. The number of aryl methyl sites for hydroxylation is 1. The zero-order chi connectivity index (χ0) is 15.6. The fourth-order valence-corrected chi connectivity index (χ4v) is 3.75. The molecular weight excluding hydrogens is 276 g/mol. The van der Waals surface area contributed by atoms with Crippen LogP contribution in [-0.4, -0.2) is 26.7 Å². The molecule has 0 heterocycles. The van der Waals surface area contributed by atoms with Gasteiger partial charge in [0.1, 0.15) is 0 Å². The number of anilines is 1. The predicted molar refractivity (Wildman–Crippen MR) is 81.0 cm³/mol. The molecule has 0 spiro atoms. The average molecular weight is 300 g/mol. The SMILES string of the molecule is Cc1ccc(N)c(C)c1S(=O)(=O)NCC(C)(C)CCO. The molecule has 1 rings (SSSR count). The largest absolute Gasteiger partial charge is 0.398 e. The monoisotopic (exact) mass is 300 g/mol. The highest BCUT2D eigenvalue weighted by molar-refractivity contribution is 7.89. The first kappa shape index (κ1) is 16.9. The summed E-state index contributed by atoms with van der Waals surface area (Å²) in [6, 6.07) is 3.41. The lowest BCUT2D eigenvalue weighted by molar-refractivity contribution is 0.213. The molecule has 0 aliphatic heterocycles. The molecule has 0 saturated heterocycles. The minimum absolute atomic E-state index is 0.0328. The van der Waals surface area contributed by atoms with Gasteiger partial charge < -0.3 is 10.8 Å². The first-order valence-corrected chi connectivity index (χ1v) is 8.05. The highest BCUT2D eigenvalue weighted by atomic mass is 32.2. The molecule has 0 unspecified atom stereocenters. The zero-order valence-corrected chi connectivity index (χ0v) is 13.3. The van der Waals surface area contributed by atoms with Crippen molar-refractivity contribution in [1.29, 1.82) is 0 Å². The van der Waals surface area contributed by atoms with Gasteiger partial charge in [0.2, 0.25) is 10.0 Å². The van der Waals surface area contributed by atoms with Crippen molar-refractivity contribution in [2.45, 2.75) is 39.0 Å². The summed E-state index contributed by atoms with van der Waals surface area (Å²) in [5.41, 5.74) is 7.19. The molecule has 5 nitrogen and oxygen atoms in total. The first-order chi connectivity index (χ1) is 9.10. The number of aliphatic hydroxyl groups excluding tert-OH is 1. The number of nitrogens with two attached hydrogens (primary N) is 1. The van der Waals surface area contributed by atoms with E-state index in [1.54, 1.807) is 26.0 Å². The van der Waals surface area contributed by atoms with E-state index < -0.39 is 10.0 Å². The Hall–Kier alpha value is -1.11. The van der Waals surface area contributed by atoms with Crippen LogP contribution in [0.1, 0.15) is 31.4 Å². The third-order valence-corrected chi connectivity index (χ3v) is 5.13. The van der Waals surface area contributed by atoms with Crippen LogP contribution in [0.3, 0.4) is 0 Å². The number of aliphatic hydroxyl groups is 1. The highest BCUT2D eigenvalue weighted by Gasteiger charge is 2.24. The number of benzene rings is 1. The smallest absolute Gasteiger partial charge is 0.241 e. The molecule has 1 aromatic rings.